The number of carbonyl (C=O) groups excluding carboxylic acids is 3. The fourth-order valence-electron chi connectivity index (χ4n) is 1.88. The first-order valence-electron chi connectivity index (χ1n) is 7.30. The SMILES string of the molecule is CCC(C)C(NC(=O)COC(=O)c1cccc(Cl)c1Cl)C(=O)OC. The van der Waals surface area contributed by atoms with Gasteiger partial charge < -0.3 is 14.8 Å². The zero-order chi connectivity index (χ0) is 18.3. The van der Waals surface area contributed by atoms with E-state index in [0.717, 1.165) is 0 Å². The predicted octanol–water partition coefficient (Wildman–Crippen LogP) is 2.85. The lowest BCUT2D eigenvalue weighted by atomic mass is 9.99. The second-order valence-electron chi connectivity index (χ2n) is 5.13. The highest BCUT2D eigenvalue weighted by atomic mass is 35.5. The van der Waals surface area contributed by atoms with Crippen molar-refractivity contribution in [3.8, 4) is 0 Å². The lowest BCUT2D eigenvalue weighted by Gasteiger charge is -2.21. The van der Waals surface area contributed by atoms with Crippen molar-refractivity contribution in [1.82, 2.24) is 5.32 Å². The molecule has 0 saturated carbocycles. The van der Waals surface area contributed by atoms with Crippen molar-refractivity contribution in [3.05, 3.63) is 33.8 Å². The Morgan fingerprint density at radius 2 is 1.92 bits per heavy atom. The van der Waals surface area contributed by atoms with Crippen LogP contribution in [0.2, 0.25) is 10.0 Å². The number of amides is 1. The molecule has 0 radical (unpaired) electrons. The number of ether oxygens (including phenoxy) is 2. The molecule has 0 spiro atoms. The third-order valence-electron chi connectivity index (χ3n) is 3.49. The average molecular weight is 376 g/mol. The molecule has 0 aliphatic rings. The maximum absolute atomic E-state index is 12.0. The van der Waals surface area contributed by atoms with Gasteiger partial charge in [-0.2, -0.15) is 0 Å². The number of esters is 2. The van der Waals surface area contributed by atoms with Crippen LogP contribution in [0, 0.1) is 5.92 Å². The smallest absolute Gasteiger partial charge is 0.340 e. The molecule has 24 heavy (non-hydrogen) atoms. The summed E-state index contributed by atoms with van der Waals surface area (Å²) in [7, 11) is 1.24. The Balaban J connectivity index is 2.66. The highest BCUT2D eigenvalue weighted by molar-refractivity contribution is 6.43. The Hall–Kier alpha value is -1.79. The Morgan fingerprint density at radius 1 is 1.25 bits per heavy atom. The first kappa shape index (κ1) is 20.3. The van der Waals surface area contributed by atoms with Crippen LogP contribution in [0.25, 0.3) is 0 Å². The largest absolute Gasteiger partial charge is 0.467 e. The van der Waals surface area contributed by atoms with Gasteiger partial charge in [-0.15, -0.1) is 0 Å². The molecule has 6 nitrogen and oxygen atoms in total. The van der Waals surface area contributed by atoms with Crippen LogP contribution in [0.4, 0.5) is 0 Å². The Morgan fingerprint density at radius 3 is 2.50 bits per heavy atom. The number of carbonyl (C=O) groups is 3. The molecule has 0 aliphatic carbocycles. The molecule has 0 heterocycles. The van der Waals surface area contributed by atoms with E-state index in [-0.39, 0.29) is 21.5 Å². The first-order valence-corrected chi connectivity index (χ1v) is 8.05. The molecule has 1 aromatic rings. The van der Waals surface area contributed by atoms with Gasteiger partial charge in [0.15, 0.2) is 6.61 Å². The molecule has 2 unspecified atom stereocenters. The monoisotopic (exact) mass is 375 g/mol. The van der Waals surface area contributed by atoms with Gasteiger partial charge in [0.05, 0.1) is 22.7 Å². The Bertz CT molecular complexity index is 620. The second kappa shape index (κ2) is 9.49. The van der Waals surface area contributed by atoms with Gasteiger partial charge >= 0.3 is 11.9 Å². The van der Waals surface area contributed by atoms with Crippen molar-refractivity contribution < 1.29 is 23.9 Å². The van der Waals surface area contributed by atoms with Gasteiger partial charge in [-0.1, -0.05) is 49.5 Å². The summed E-state index contributed by atoms with van der Waals surface area (Å²) in [4.78, 5) is 35.6. The second-order valence-corrected chi connectivity index (χ2v) is 5.92. The molecule has 2 atom stereocenters. The van der Waals surface area contributed by atoms with E-state index in [4.69, 9.17) is 27.9 Å². The number of hydrogen-bond acceptors (Lipinski definition) is 5. The molecule has 1 rings (SSSR count). The number of hydrogen-bond donors (Lipinski definition) is 1. The summed E-state index contributed by atoms with van der Waals surface area (Å²) in [6, 6.07) is 3.70. The van der Waals surface area contributed by atoms with Gasteiger partial charge in [0.1, 0.15) is 6.04 Å². The van der Waals surface area contributed by atoms with E-state index in [0.29, 0.717) is 6.42 Å². The van der Waals surface area contributed by atoms with Gasteiger partial charge in [-0.3, -0.25) is 4.79 Å². The predicted molar refractivity (Wildman–Crippen MR) is 90.1 cm³/mol. The number of rotatable bonds is 7. The Labute approximate surface area is 150 Å². The van der Waals surface area contributed by atoms with E-state index < -0.39 is 30.5 Å². The van der Waals surface area contributed by atoms with E-state index in [1.165, 1.54) is 19.2 Å². The van der Waals surface area contributed by atoms with Gasteiger partial charge in [0, 0.05) is 0 Å². The molecule has 0 fully saturated rings. The van der Waals surface area contributed by atoms with Gasteiger partial charge in [0.25, 0.3) is 5.91 Å². The lowest BCUT2D eigenvalue weighted by Crippen LogP contribution is -2.47. The fourth-order valence-corrected chi connectivity index (χ4v) is 2.26. The normalized spacial score (nSPS) is 12.9. The van der Waals surface area contributed by atoms with Crippen molar-refractivity contribution in [3.63, 3.8) is 0 Å². The van der Waals surface area contributed by atoms with E-state index in [1.807, 2.05) is 6.92 Å². The number of methoxy groups -OCH3 is 1. The zero-order valence-electron chi connectivity index (χ0n) is 13.6. The summed E-state index contributed by atoms with van der Waals surface area (Å²) in [6.07, 6.45) is 0.665. The zero-order valence-corrected chi connectivity index (χ0v) is 15.1. The highest BCUT2D eigenvalue weighted by Gasteiger charge is 2.27. The van der Waals surface area contributed by atoms with Crippen LogP contribution in [0.15, 0.2) is 18.2 Å². The molecule has 132 valence electrons. The first-order chi connectivity index (χ1) is 11.3. The quantitative estimate of drug-likeness (QED) is 0.740. The van der Waals surface area contributed by atoms with Gasteiger partial charge in [-0.25, -0.2) is 9.59 Å². The number of nitrogens with one attached hydrogen (secondary N) is 1. The van der Waals surface area contributed by atoms with Crippen LogP contribution >= 0.6 is 23.2 Å². The van der Waals surface area contributed by atoms with Crippen LogP contribution in [-0.4, -0.2) is 37.6 Å². The van der Waals surface area contributed by atoms with Gasteiger partial charge in [0.2, 0.25) is 0 Å². The summed E-state index contributed by atoms with van der Waals surface area (Å²) in [5.41, 5.74) is 0.0587. The van der Waals surface area contributed by atoms with E-state index in [1.54, 1.807) is 13.0 Å². The van der Waals surface area contributed by atoms with Crippen molar-refractivity contribution in [1.29, 1.82) is 0 Å². The Kier molecular flexibility index (Phi) is 8.01. The minimum absolute atomic E-state index is 0.0524. The summed E-state index contributed by atoms with van der Waals surface area (Å²) in [6.45, 7) is 3.14. The minimum atomic E-state index is -0.805. The molecular formula is C16H19Cl2NO5. The molecule has 0 bridgehead atoms. The van der Waals surface area contributed by atoms with E-state index in [2.05, 4.69) is 10.1 Å². The lowest BCUT2D eigenvalue weighted by molar-refractivity contribution is -0.147. The third-order valence-corrected chi connectivity index (χ3v) is 4.31. The van der Waals surface area contributed by atoms with Gasteiger partial charge in [-0.05, 0) is 18.1 Å². The molecule has 1 N–H and O–H groups in total. The molecule has 1 amide bonds. The molecule has 0 saturated heterocycles. The van der Waals surface area contributed by atoms with E-state index >= 15 is 0 Å². The topological polar surface area (TPSA) is 81.7 Å². The van der Waals surface area contributed by atoms with Crippen molar-refractivity contribution in [2.75, 3.05) is 13.7 Å². The molecule has 8 heteroatoms. The van der Waals surface area contributed by atoms with Crippen LogP contribution < -0.4 is 5.32 Å². The fraction of sp³-hybridized carbons (Fsp3) is 0.438. The summed E-state index contributed by atoms with van der Waals surface area (Å²) >= 11 is 11.7. The molecule has 0 aliphatic heterocycles. The van der Waals surface area contributed by atoms with Crippen LogP contribution in [0.1, 0.15) is 30.6 Å². The molecular weight excluding hydrogens is 357 g/mol. The molecule has 0 aromatic heterocycles. The van der Waals surface area contributed by atoms with Crippen LogP contribution in [0.3, 0.4) is 0 Å². The highest BCUT2D eigenvalue weighted by Crippen LogP contribution is 2.25. The third kappa shape index (κ3) is 5.39. The average Bonchev–Trinajstić information content (AvgIpc) is 2.58. The molecule has 1 aromatic carbocycles. The number of benzene rings is 1. The van der Waals surface area contributed by atoms with Crippen molar-refractivity contribution in [2.45, 2.75) is 26.3 Å². The van der Waals surface area contributed by atoms with Crippen molar-refractivity contribution in [2.24, 2.45) is 5.92 Å². The van der Waals surface area contributed by atoms with Crippen LogP contribution in [0.5, 0.6) is 0 Å². The van der Waals surface area contributed by atoms with E-state index in [9.17, 15) is 14.4 Å². The van der Waals surface area contributed by atoms with Crippen molar-refractivity contribution >= 4 is 41.0 Å². The maximum atomic E-state index is 12.0. The summed E-state index contributed by atoms with van der Waals surface area (Å²) in [5, 5.41) is 2.76. The summed E-state index contributed by atoms with van der Waals surface area (Å²) < 4.78 is 9.57. The maximum Gasteiger partial charge on any atom is 0.340 e. The standard InChI is InChI=1S/C16H19Cl2NO5/c1-4-9(2)14(16(22)23-3)19-12(20)8-24-15(21)10-6-5-7-11(17)13(10)18/h5-7,9,14H,4,8H2,1-3H3,(H,19,20). The number of halogens is 2. The summed E-state index contributed by atoms with van der Waals surface area (Å²) in [5.74, 6) is -2.07. The van der Waals surface area contributed by atoms with Crippen LogP contribution in [-0.2, 0) is 19.1 Å². The minimum Gasteiger partial charge on any atom is -0.467 e.